The molecule has 2 heterocycles. The Labute approximate surface area is 158 Å². The highest BCUT2D eigenvalue weighted by Gasteiger charge is 2.34. The first-order valence-electron chi connectivity index (χ1n) is 9.41. The van der Waals surface area contributed by atoms with Crippen molar-refractivity contribution < 1.29 is 0 Å². The summed E-state index contributed by atoms with van der Waals surface area (Å²) in [6.45, 7) is 0. The number of aryl methyl sites for hydroxylation is 1. The molecule has 1 aliphatic rings. The molecule has 0 amide bonds. The fourth-order valence-electron chi connectivity index (χ4n) is 4.18. The van der Waals surface area contributed by atoms with Gasteiger partial charge in [0.2, 0.25) is 0 Å². The molecule has 1 fully saturated rings. The van der Waals surface area contributed by atoms with Crippen molar-refractivity contribution in [2.75, 3.05) is 0 Å². The van der Waals surface area contributed by atoms with Gasteiger partial charge in [-0.2, -0.15) is 0 Å². The van der Waals surface area contributed by atoms with Gasteiger partial charge in [-0.25, -0.2) is 9.97 Å². The second-order valence-corrected chi connectivity index (χ2v) is 7.49. The van der Waals surface area contributed by atoms with E-state index in [9.17, 15) is 0 Å². The number of hydrogen-bond donors (Lipinski definition) is 1. The zero-order chi connectivity index (χ0) is 18.4. The van der Waals surface area contributed by atoms with E-state index in [2.05, 4.69) is 70.1 Å². The van der Waals surface area contributed by atoms with Crippen molar-refractivity contribution in [2.24, 2.45) is 12.8 Å². The van der Waals surface area contributed by atoms with Crippen molar-refractivity contribution in [3.63, 3.8) is 0 Å². The van der Waals surface area contributed by atoms with E-state index < -0.39 is 0 Å². The maximum absolute atomic E-state index is 6.50. The van der Waals surface area contributed by atoms with Crippen LogP contribution in [0.1, 0.15) is 24.8 Å². The molecule has 4 heteroatoms. The lowest BCUT2D eigenvalue weighted by molar-refractivity contribution is 0.253. The van der Waals surface area contributed by atoms with Gasteiger partial charge >= 0.3 is 0 Å². The lowest BCUT2D eigenvalue weighted by atomic mass is 9.72. The summed E-state index contributed by atoms with van der Waals surface area (Å²) in [7, 11) is 2.08. The Bertz CT molecular complexity index is 1110. The van der Waals surface area contributed by atoms with Gasteiger partial charge in [0.1, 0.15) is 11.8 Å². The molecular weight excluding hydrogens is 332 g/mol. The number of benzene rings is 2. The predicted molar refractivity (Wildman–Crippen MR) is 109 cm³/mol. The van der Waals surface area contributed by atoms with Gasteiger partial charge in [0, 0.05) is 18.2 Å². The van der Waals surface area contributed by atoms with Crippen molar-refractivity contribution in [2.45, 2.75) is 24.8 Å². The molecular formula is C23H22N4. The maximum Gasteiger partial charge on any atom is 0.116 e. The molecule has 0 bridgehead atoms. The normalized spacial score (nSPS) is 15.6. The molecule has 27 heavy (non-hydrogen) atoms. The molecule has 134 valence electrons. The Hall–Kier alpha value is -2.98. The fraction of sp³-hybridized carbons (Fsp3) is 0.217. The summed E-state index contributed by atoms with van der Waals surface area (Å²) in [5.41, 5.74) is 14.2. The lowest BCUT2D eigenvalue weighted by Gasteiger charge is -2.38. The molecule has 4 nitrogen and oxygen atoms in total. The van der Waals surface area contributed by atoms with Gasteiger partial charge < -0.3 is 10.3 Å². The number of nitrogens with two attached hydrogens (primary N) is 1. The number of nitrogens with zero attached hydrogens (tertiary/aromatic N) is 3. The molecule has 1 aliphatic carbocycles. The summed E-state index contributed by atoms with van der Waals surface area (Å²) in [5, 5.41) is 0. The van der Waals surface area contributed by atoms with Crippen LogP contribution in [0.15, 0.2) is 67.1 Å². The Morgan fingerprint density at radius 2 is 1.70 bits per heavy atom. The van der Waals surface area contributed by atoms with Gasteiger partial charge in [0.05, 0.1) is 17.4 Å². The van der Waals surface area contributed by atoms with E-state index in [0.29, 0.717) is 0 Å². The molecule has 2 N–H and O–H groups in total. The first-order valence-corrected chi connectivity index (χ1v) is 9.41. The highest BCUT2D eigenvalue weighted by atomic mass is 15.0. The van der Waals surface area contributed by atoms with E-state index in [4.69, 9.17) is 5.73 Å². The van der Waals surface area contributed by atoms with Gasteiger partial charge in [-0.1, -0.05) is 54.6 Å². The summed E-state index contributed by atoms with van der Waals surface area (Å²) in [4.78, 5) is 8.84. The third-order valence-corrected chi connectivity index (χ3v) is 5.90. The molecule has 0 aliphatic heterocycles. The monoisotopic (exact) mass is 354 g/mol. The number of hydrogen-bond acceptors (Lipinski definition) is 3. The van der Waals surface area contributed by atoms with Crippen LogP contribution in [0, 0.1) is 0 Å². The molecule has 0 radical (unpaired) electrons. The number of fused-ring (bicyclic) bond motifs is 1. The Kier molecular flexibility index (Phi) is 3.62. The minimum atomic E-state index is -0.137. The van der Waals surface area contributed by atoms with Crippen molar-refractivity contribution in [3.8, 4) is 22.4 Å². The topological polar surface area (TPSA) is 56.7 Å². The summed E-state index contributed by atoms with van der Waals surface area (Å²) < 4.78 is 2.18. The van der Waals surface area contributed by atoms with Crippen LogP contribution >= 0.6 is 0 Å². The zero-order valence-corrected chi connectivity index (χ0v) is 15.4. The first-order chi connectivity index (χ1) is 13.2. The van der Waals surface area contributed by atoms with Crippen LogP contribution in [0.3, 0.4) is 0 Å². The summed E-state index contributed by atoms with van der Waals surface area (Å²) in [6.07, 6.45) is 6.87. The summed E-state index contributed by atoms with van der Waals surface area (Å²) >= 11 is 0. The molecule has 0 unspecified atom stereocenters. The van der Waals surface area contributed by atoms with Crippen molar-refractivity contribution in [1.82, 2.24) is 14.5 Å². The molecule has 2 aromatic carbocycles. The van der Waals surface area contributed by atoms with E-state index in [0.717, 1.165) is 40.7 Å². The maximum atomic E-state index is 6.50. The van der Waals surface area contributed by atoms with Gasteiger partial charge in [-0.15, -0.1) is 0 Å². The fourth-order valence-corrected chi connectivity index (χ4v) is 4.18. The van der Waals surface area contributed by atoms with Crippen molar-refractivity contribution in [3.05, 3.63) is 72.7 Å². The van der Waals surface area contributed by atoms with E-state index >= 15 is 0 Å². The Morgan fingerprint density at radius 3 is 2.37 bits per heavy atom. The van der Waals surface area contributed by atoms with Crippen LogP contribution in [0.5, 0.6) is 0 Å². The van der Waals surface area contributed by atoms with Gasteiger partial charge in [-0.05, 0) is 36.0 Å². The summed E-state index contributed by atoms with van der Waals surface area (Å²) in [5.74, 6) is 0. The molecule has 0 saturated heterocycles. The molecule has 1 saturated carbocycles. The van der Waals surface area contributed by atoms with Crippen LogP contribution in [0.2, 0.25) is 0 Å². The van der Waals surface area contributed by atoms with E-state index in [1.807, 2.05) is 12.3 Å². The van der Waals surface area contributed by atoms with E-state index in [1.54, 1.807) is 6.33 Å². The van der Waals surface area contributed by atoms with E-state index in [1.165, 1.54) is 17.5 Å². The van der Waals surface area contributed by atoms with Crippen molar-refractivity contribution in [1.29, 1.82) is 0 Å². The number of rotatable bonds is 3. The average Bonchev–Trinajstić information content (AvgIpc) is 3.00. The standard InChI is InChI=1S/C23H22N4/c1-27-19-14-25-15-26-21(19)20(22(27)17-6-3-2-4-7-17)16-8-10-18(11-9-16)23(24)12-5-13-23/h2-4,6-11,14-15H,5,12-13,24H2,1H3. The predicted octanol–water partition coefficient (Wildman–Crippen LogP) is 4.64. The Morgan fingerprint density at radius 1 is 0.963 bits per heavy atom. The quantitative estimate of drug-likeness (QED) is 0.583. The average molecular weight is 354 g/mol. The summed E-state index contributed by atoms with van der Waals surface area (Å²) in [6, 6.07) is 19.2. The van der Waals surface area contributed by atoms with E-state index in [-0.39, 0.29) is 5.54 Å². The van der Waals surface area contributed by atoms with Gasteiger partial charge in [-0.3, -0.25) is 0 Å². The van der Waals surface area contributed by atoms with Crippen LogP contribution in [0.4, 0.5) is 0 Å². The molecule has 2 aromatic heterocycles. The van der Waals surface area contributed by atoms with Gasteiger partial charge in [0.15, 0.2) is 0 Å². The van der Waals surface area contributed by atoms with Crippen LogP contribution in [-0.2, 0) is 12.6 Å². The lowest BCUT2D eigenvalue weighted by Crippen LogP contribution is -2.43. The van der Waals surface area contributed by atoms with Crippen LogP contribution in [-0.4, -0.2) is 14.5 Å². The Balaban J connectivity index is 1.73. The highest BCUT2D eigenvalue weighted by molar-refractivity contribution is 6.01. The molecule has 0 atom stereocenters. The second-order valence-electron chi connectivity index (χ2n) is 7.49. The van der Waals surface area contributed by atoms with Crippen LogP contribution in [0.25, 0.3) is 33.4 Å². The minimum absolute atomic E-state index is 0.137. The van der Waals surface area contributed by atoms with Gasteiger partial charge in [0.25, 0.3) is 0 Å². The largest absolute Gasteiger partial charge is 0.341 e. The van der Waals surface area contributed by atoms with Crippen LogP contribution < -0.4 is 5.73 Å². The number of aromatic nitrogens is 3. The molecule has 4 aromatic rings. The smallest absolute Gasteiger partial charge is 0.116 e. The third-order valence-electron chi connectivity index (χ3n) is 5.90. The second kappa shape index (κ2) is 6.03. The third kappa shape index (κ3) is 2.48. The zero-order valence-electron chi connectivity index (χ0n) is 15.4. The SMILES string of the molecule is Cn1c(-c2ccccc2)c(-c2ccc(C3(N)CCC3)cc2)c2ncncc21. The highest BCUT2D eigenvalue weighted by Crippen LogP contribution is 2.42. The minimum Gasteiger partial charge on any atom is -0.341 e. The molecule has 0 spiro atoms. The first kappa shape index (κ1) is 16.2. The van der Waals surface area contributed by atoms with Crippen molar-refractivity contribution >= 4 is 11.0 Å². The molecule has 5 rings (SSSR count).